The zero-order chi connectivity index (χ0) is 20.9. The molecule has 0 saturated carbocycles. The first-order valence-corrected chi connectivity index (χ1v) is 10.0. The molecular formula is C21H27FN2O3S. The third-order valence-corrected chi connectivity index (χ3v) is 5.09. The molecule has 0 N–H and O–H groups in total. The topological polar surface area (TPSA) is 59.5 Å². The van der Waals surface area contributed by atoms with Crippen LogP contribution in [0, 0.1) is 12.7 Å². The van der Waals surface area contributed by atoms with E-state index < -0.39 is 5.60 Å². The van der Waals surface area contributed by atoms with Crippen LogP contribution >= 0.6 is 11.3 Å². The van der Waals surface area contributed by atoms with Crippen LogP contribution in [0.15, 0.2) is 24.3 Å². The van der Waals surface area contributed by atoms with Gasteiger partial charge in [-0.3, -0.25) is 9.59 Å². The van der Waals surface area contributed by atoms with Crippen LogP contribution in [0.25, 0.3) is 0 Å². The molecule has 0 aliphatic carbocycles. The van der Waals surface area contributed by atoms with Gasteiger partial charge >= 0.3 is 5.97 Å². The highest BCUT2D eigenvalue weighted by Gasteiger charge is 2.20. The smallest absolute Gasteiger partial charge is 0.306 e. The quantitative estimate of drug-likeness (QED) is 0.641. The van der Waals surface area contributed by atoms with Crippen LogP contribution in [0.1, 0.15) is 59.5 Å². The van der Waals surface area contributed by atoms with Crippen LogP contribution in [0.5, 0.6) is 0 Å². The van der Waals surface area contributed by atoms with Gasteiger partial charge in [-0.15, -0.1) is 11.3 Å². The number of carbonyl (C=O) groups is 2. The predicted octanol–water partition coefficient (Wildman–Crippen LogP) is 4.38. The summed E-state index contributed by atoms with van der Waals surface area (Å²) >= 11 is 1.35. The lowest BCUT2D eigenvalue weighted by Gasteiger charge is -2.20. The van der Waals surface area contributed by atoms with Crippen molar-refractivity contribution in [3.05, 3.63) is 51.2 Å². The number of halogens is 1. The highest BCUT2D eigenvalue weighted by atomic mass is 32.1. The van der Waals surface area contributed by atoms with Gasteiger partial charge in [-0.1, -0.05) is 12.1 Å². The molecule has 1 amide bonds. The van der Waals surface area contributed by atoms with E-state index in [-0.39, 0.29) is 24.1 Å². The lowest BCUT2D eigenvalue weighted by molar-refractivity contribution is -0.154. The van der Waals surface area contributed by atoms with Crippen LogP contribution in [0.4, 0.5) is 4.39 Å². The summed E-state index contributed by atoms with van der Waals surface area (Å²) < 4.78 is 18.3. The van der Waals surface area contributed by atoms with Crippen molar-refractivity contribution in [2.45, 2.75) is 52.6 Å². The maximum Gasteiger partial charge on any atom is 0.306 e. The molecule has 0 bridgehead atoms. The Hall–Kier alpha value is -2.28. The maximum absolute atomic E-state index is 13.0. The molecule has 28 heavy (non-hydrogen) atoms. The van der Waals surface area contributed by atoms with Gasteiger partial charge in [0.25, 0.3) is 5.91 Å². The van der Waals surface area contributed by atoms with Gasteiger partial charge in [0.1, 0.15) is 16.3 Å². The number of nitrogens with zero attached hydrogens (tertiary/aromatic N) is 2. The van der Waals surface area contributed by atoms with Gasteiger partial charge in [-0.05, 0) is 51.8 Å². The Morgan fingerprint density at radius 1 is 1.21 bits per heavy atom. The van der Waals surface area contributed by atoms with E-state index in [1.807, 2.05) is 27.7 Å². The van der Waals surface area contributed by atoms with Crippen molar-refractivity contribution < 1.29 is 18.7 Å². The zero-order valence-electron chi connectivity index (χ0n) is 17.0. The largest absolute Gasteiger partial charge is 0.460 e. The number of thiazole rings is 1. The Labute approximate surface area is 169 Å². The number of rotatable bonds is 7. The van der Waals surface area contributed by atoms with Gasteiger partial charge in [0, 0.05) is 26.4 Å². The fourth-order valence-electron chi connectivity index (χ4n) is 2.63. The second-order valence-electron chi connectivity index (χ2n) is 7.74. The SMILES string of the molecule is Cc1nc(Cc2ccc(F)cc2)sc1C(=O)N(C)CCCC(=O)OC(C)(C)C. The first-order valence-electron chi connectivity index (χ1n) is 9.23. The van der Waals surface area contributed by atoms with Gasteiger partial charge in [0.2, 0.25) is 0 Å². The average Bonchev–Trinajstić information content (AvgIpc) is 2.94. The predicted molar refractivity (Wildman–Crippen MR) is 108 cm³/mol. The highest BCUT2D eigenvalue weighted by molar-refractivity contribution is 7.13. The number of amides is 1. The molecule has 1 aromatic heterocycles. The van der Waals surface area contributed by atoms with Crippen molar-refractivity contribution in [1.29, 1.82) is 0 Å². The number of aryl methyl sites for hydroxylation is 1. The first-order chi connectivity index (χ1) is 13.0. The molecule has 2 rings (SSSR count). The number of aromatic nitrogens is 1. The number of ether oxygens (including phenoxy) is 1. The Kier molecular flexibility index (Phi) is 7.29. The third-order valence-electron chi connectivity index (χ3n) is 3.94. The van der Waals surface area contributed by atoms with Crippen molar-refractivity contribution >= 4 is 23.2 Å². The van der Waals surface area contributed by atoms with Crippen molar-refractivity contribution in [3.8, 4) is 0 Å². The van der Waals surface area contributed by atoms with E-state index >= 15 is 0 Å². The van der Waals surface area contributed by atoms with Gasteiger partial charge in [-0.25, -0.2) is 9.37 Å². The Bertz CT molecular complexity index is 825. The Balaban J connectivity index is 1.91. The van der Waals surface area contributed by atoms with Gasteiger partial charge < -0.3 is 9.64 Å². The van der Waals surface area contributed by atoms with Crippen LogP contribution in [-0.4, -0.2) is 41.0 Å². The number of hydrogen-bond donors (Lipinski definition) is 0. The summed E-state index contributed by atoms with van der Waals surface area (Å²) in [7, 11) is 1.72. The van der Waals surface area contributed by atoms with Crippen molar-refractivity contribution in [1.82, 2.24) is 9.88 Å². The average molecular weight is 407 g/mol. The summed E-state index contributed by atoms with van der Waals surface area (Å²) in [5.74, 6) is -0.642. The minimum Gasteiger partial charge on any atom is -0.460 e. The second-order valence-corrected chi connectivity index (χ2v) is 8.83. The molecule has 0 unspecified atom stereocenters. The number of benzene rings is 1. The molecule has 0 fully saturated rings. The molecule has 152 valence electrons. The second kappa shape index (κ2) is 9.28. The maximum atomic E-state index is 13.0. The van der Waals surface area contributed by atoms with Crippen LogP contribution < -0.4 is 0 Å². The fourth-order valence-corrected chi connectivity index (χ4v) is 3.72. The molecule has 0 spiro atoms. The van der Waals surface area contributed by atoms with Crippen molar-refractivity contribution in [3.63, 3.8) is 0 Å². The number of carbonyl (C=O) groups excluding carboxylic acids is 2. The van der Waals surface area contributed by atoms with E-state index in [0.717, 1.165) is 10.6 Å². The molecule has 7 heteroatoms. The molecule has 2 aromatic rings. The van der Waals surface area contributed by atoms with Crippen LogP contribution in [0.3, 0.4) is 0 Å². The van der Waals surface area contributed by atoms with Crippen molar-refractivity contribution in [2.24, 2.45) is 0 Å². The lowest BCUT2D eigenvalue weighted by Crippen LogP contribution is -2.29. The van der Waals surface area contributed by atoms with E-state index in [4.69, 9.17) is 4.74 Å². The van der Waals surface area contributed by atoms with E-state index in [2.05, 4.69) is 4.98 Å². The molecule has 0 aliphatic rings. The van der Waals surface area contributed by atoms with Gasteiger partial charge in [0.05, 0.1) is 10.7 Å². The summed E-state index contributed by atoms with van der Waals surface area (Å²) in [6.45, 7) is 7.76. The molecule has 0 atom stereocenters. The third kappa shape index (κ3) is 6.71. The van der Waals surface area contributed by atoms with E-state index in [0.29, 0.717) is 30.0 Å². The summed E-state index contributed by atoms with van der Waals surface area (Å²) in [5, 5.41) is 0.814. The number of hydrogen-bond acceptors (Lipinski definition) is 5. The number of esters is 1. The summed E-state index contributed by atoms with van der Waals surface area (Å²) in [6.07, 6.45) is 1.37. The van der Waals surface area contributed by atoms with Gasteiger partial charge in [-0.2, -0.15) is 0 Å². The molecule has 5 nitrogen and oxygen atoms in total. The molecular weight excluding hydrogens is 379 g/mol. The summed E-state index contributed by atoms with van der Waals surface area (Å²) in [6, 6.07) is 6.27. The molecule has 0 saturated heterocycles. The van der Waals surface area contributed by atoms with Crippen LogP contribution in [0.2, 0.25) is 0 Å². The molecule has 1 heterocycles. The standard InChI is InChI=1S/C21H27FN2O3S/c1-14-19(28-17(23-14)13-15-8-10-16(22)11-9-15)20(26)24(5)12-6-7-18(25)27-21(2,3)4/h8-11H,6-7,12-13H2,1-5H3. The van der Waals surface area contributed by atoms with E-state index in [9.17, 15) is 14.0 Å². The monoisotopic (exact) mass is 406 g/mol. The van der Waals surface area contributed by atoms with Crippen LogP contribution in [-0.2, 0) is 16.0 Å². The molecule has 0 radical (unpaired) electrons. The fraction of sp³-hybridized carbons (Fsp3) is 0.476. The summed E-state index contributed by atoms with van der Waals surface area (Å²) in [5.41, 5.74) is 1.13. The Morgan fingerprint density at radius 2 is 1.86 bits per heavy atom. The molecule has 0 aliphatic heterocycles. The van der Waals surface area contributed by atoms with E-state index in [1.165, 1.54) is 23.5 Å². The minimum absolute atomic E-state index is 0.107. The van der Waals surface area contributed by atoms with E-state index in [1.54, 1.807) is 24.1 Å². The molecule has 1 aromatic carbocycles. The highest BCUT2D eigenvalue weighted by Crippen LogP contribution is 2.22. The lowest BCUT2D eigenvalue weighted by atomic mass is 10.1. The van der Waals surface area contributed by atoms with Gasteiger partial charge in [0.15, 0.2) is 0 Å². The minimum atomic E-state index is -0.501. The Morgan fingerprint density at radius 3 is 2.46 bits per heavy atom. The normalized spacial score (nSPS) is 11.4. The first kappa shape index (κ1) is 22.0. The zero-order valence-corrected chi connectivity index (χ0v) is 17.9. The van der Waals surface area contributed by atoms with Crippen molar-refractivity contribution in [2.75, 3.05) is 13.6 Å². The summed E-state index contributed by atoms with van der Waals surface area (Å²) in [4.78, 5) is 31.2.